The Labute approximate surface area is 213 Å². The summed E-state index contributed by atoms with van der Waals surface area (Å²) in [7, 11) is -3.83. The van der Waals surface area contributed by atoms with Crippen LogP contribution >= 0.6 is 0 Å². The predicted octanol–water partition coefficient (Wildman–Crippen LogP) is 3.21. The van der Waals surface area contributed by atoms with E-state index in [9.17, 15) is 18.0 Å². The molecule has 1 aliphatic heterocycles. The van der Waals surface area contributed by atoms with Crippen LogP contribution < -0.4 is 19.1 Å². The Hall–Kier alpha value is -3.27. The first kappa shape index (κ1) is 27.3. The average Bonchev–Trinajstić information content (AvgIpc) is 3.29. The van der Waals surface area contributed by atoms with E-state index in [0.29, 0.717) is 17.9 Å². The van der Waals surface area contributed by atoms with Gasteiger partial charge in [0.1, 0.15) is 12.6 Å². The van der Waals surface area contributed by atoms with Crippen LogP contribution in [0, 0.1) is 6.92 Å². The van der Waals surface area contributed by atoms with Crippen LogP contribution in [0.25, 0.3) is 0 Å². The van der Waals surface area contributed by atoms with Gasteiger partial charge in [0.05, 0.1) is 11.9 Å². The van der Waals surface area contributed by atoms with Crippen LogP contribution in [0.3, 0.4) is 0 Å². The summed E-state index contributed by atoms with van der Waals surface area (Å²) in [5.41, 5.74) is 2.16. The Balaban J connectivity index is 1.95. The van der Waals surface area contributed by atoms with E-state index in [2.05, 4.69) is 5.32 Å². The molecule has 36 heavy (non-hydrogen) atoms. The molecule has 9 nitrogen and oxygen atoms in total. The number of amides is 2. The molecule has 0 fully saturated rings. The van der Waals surface area contributed by atoms with E-state index in [0.717, 1.165) is 28.1 Å². The Morgan fingerprint density at radius 3 is 2.42 bits per heavy atom. The van der Waals surface area contributed by atoms with E-state index in [1.54, 1.807) is 12.1 Å². The van der Waals surface area contributed by atoms with Crippen molar-refractivity contribution in [1.29, 1.82) is 0 Å². The van der Waals surface area contributed by atoms with E-state index >= 15 is 0 Å². The van der Waals surface area contributed by atoms with Gasteiger partial charge in [-0.25, -0.2) is 8.42 Å². The number of nitrogens with zero attached hydrogens (tertiary/aromatic N) is 2. The van der Waals surface area contributed by atoms with Crippen LogP contribution in [0.1, 0.15) is 44.7 Å². The van der Waals surface area contributed by atoms with Crippen LogP contribution in [0.2, 0.25) is 0 Å². The Morgan fingerprint density at radius 1 is 1.06 bits per heavy atom. The van der Waals surface area contributed by atoms with Crippen LogP contribution in [-0.4, -0.2) is 56.8 Å². The zero-order valence-electron chi connectivity index (χ0n) is 21.5. The maximum Gasteiger partial charge on any atom is 0.244 e. The van der Waals surface area contributed by atoms with E-state index < -0.39 is 28.5 Å². The molecule has 1 N–H and O–H groups in total. The lowest BCUT2D eigenvalue weighted by Gasteiger charge is -2.33. The summed E-state index contributed by atoms with van der Waals surface area (Å²) in [4.78, 5) is 28.4. The lowest BCUT2D eigenvalue weighted by Crippen LogP contribution is -2.53. The lowest BCUT2D eigenvalue weighted by molar-refractivity contribution is -0.140. The molecule has 10 heteroatoms. The molecule has 196 valence electrons. The smallest absolute Gasteiger partial charge is 0.244 e. The van der Waals surface area contributed by atoms with E-state index in [1.807, 2.05) is 52.0 Å². The number of hydrogen-bond donors (Lipinski definition) is 1. The van der Waals surface area contributed by atoms with Gasteiger partial charge in [-0.1, -0.05) is 43.7 Å². The van der Waals surface area contributed by atoms with Crippen LogP contribution in [0.4, 0.5) is 5.69 Å². The highest BCUT2D eigenvalue weighted by molar-refractivity contribution is 7.92. The molecule has 0 radical (unpaired) electrons. The summed E-state index contributed by atoms with van der Waals surface area (Å²) < 4.78 is 37.2. The molecule has 0 aliphatic carbocycles. The zero-order chi connectivity index (χ0) is 26.5. The topological polar surface area (TPSA) is 105 Å². The summed E-state index contributed by atoms with van der Waals surface area (Å²) in [5, 5.41) is 2.96. The van der Waals surface area contributed by atoms with Gasteiger partial charge in [-0.15, -0.1) is 0 Å². The summed E-state index contributed by atoms with van der Waals surface area (Å²) in [6.07, 6.45) is 2.17. The highest BCUT2D eigenvalue weighted by atomic mass is 32.2. The van der Waals surface area contributed by atoms with Gasteiger partial charge >= 0.3 is 0 Å². The predicted molar refractivity (Wildman–Crippen MR) is 138 cm³/mol. The second-order valence-corrected chi connectivity index (χ2v) is 11.0. The first-order valence-electron chi connectivity index (χ1n) is 12.1. The molecule has 3 rings (SSSR count). The SMILES string of the molecule is CC[C@@H](C)NC(=O)[C@@H](CC)N(Cc1cccc(C)c1)C(=O)CN(c1ccc2c(c1)OCO2)S(C)(=O)=O. The van der Waals surface area contributed by atoms with Crippen molar-refractivity contribution in [3.63, 3.8) is 0 Å². The summed E-state index contributed by atoms with van der Waals surface area (Å²) in [6.45, 7) is 7.42. The number of hydrogen-bond acceptors (Lipinski definition) is 6. The van der Waals surface area contributed by atoms with Gasteiger partial charge in [0.2, 0.25) is 28.6 Å². The minimum Gasteiger partial charge on any atom is -0.454 e. The van der Waals surface area contributed by atoms with Crippen molar-refractivity contribution in [1.82, 2.24) is 10.2 Å². The Kier molecular flexibility index (Phi) is 8.84. The van der Waals surface area contributed by atoms with Gasteiger partial charge in [-0.2, -0.15) is 0 Å². The number of rotatable bonds is 11. The number of sulfonamides is 1. The number of nitrogens with one attached hydrogen (secondary N) is 1. The van der Waals surface area contributed by atoms with Gasteiger partial charge in [0.15, 0.2) is 11.5 Å². The van der Waals surface area contributed by atoms with Crippen molar-refractivity contribution in [2.24, 2.45) is 0 Å². The summed E-state index contributed by atoms with van der Waals surface area (Å²) in [5.74, 6) is 0.171. The first-order chi connectivity index (χ1) is 17.0. The van der Waals surface area contributed by atoms with Crippen LogP contribution in [-0.2, 0) is 26.2 Å². The minimum atomic E-state index is -3.83. The normalized spacial score (nSPS) is 14.1. The Bertz CT molecular complexity index is 1200. The molecule has 0 aromatic heterocycles. The van der Waals surface area contributed by atoms with Gasteiger partial charge < -0.3 is 19.7 Å². The Morgan fingerprint density at radius 2 is 1.78 bits per heavy atom. The van der Waals surface area contributed by atoms with Crippen molar-refractivity contribution in [2.45, 2.75) is 59.2 Å². The second kappa shape index (κ2) is 11.6. The number of carbonyl (C=O) groups excluding carboxylic acids is 2. The zero-order valence-corrected chi connectivity index (χ0v) is 22.3. The molecular weight excluding hydrogens is 482 g/mol. The number of anilines is 1. The van der Waals surface area contributed by atoms with Gasteiger partial charge in [-0.3, -0.25) is 13.9 Å². The maximum absolute atomic E-state index is 13.7. The molecule has 0 spiro atoms. The summed E-state index contributed by atoms with van der Waals surface area (Å²) in [6, 6.07) is 11.6. The van der Waals surface area contributed by atoms with Crippen molar-refractivity contribution in [3.8, 4) is 11.5 Å². The third kappa shape index (κ3) is 6.69. The lowest BCUT2D eigenvalue weighted by atomic mass is 10.1. The molecule has 2 aromatic carbocycles. The molecule has 2 aromatic rings. The highest BCUT2D eigenvalue weighted by Crippen LogP contribution is 2.36. The van der Waals surface area contributed by atoms with Crippen molar-refractivity contribution < 1.29 is 27.5 Å². The van der Waals surface area contributed by atoms with Crippen LogP contribution in [0.5, 0.6) is 11.5 Å². The molecule has 0 saturated carbocycles. The minimum absolute atomic E-state index is 0.0460. The van der Waals surface area contributed by atoms with E-state index in [4.69, 9.17) is 9.47 Å². The molecule has 1 heterocycles. The average molecular weight is 518 g/mol. The molecule has 0 unspecified atom stereocenters. The van der Waals surface area contributed by atoms with Crippen molar-refractivity contribution in [2.75, 3.05) is 23.9 Å². The standard InChI is InChI=1S/C26H35N3O6S/c1-6-19(4)27-26(31)22(7-2)28(15-20-10-8-9-18(3)13-20)25(30)16-29(36(5,32)33)21-11-12-23-24(14-21)35-17-34-23/h8-14,19,22H,6-7,15-17H2,1-5H3,(H,27,31)/t19-,22-/m1/s1. The number of fused-ring (bicyclic) bond motifs is 1. The van der Waals surface area contributed by atoms with E-state index in [1.165, 1.54) is 11.0 Å². The highest BCUT2D eigenvalue weighted by Gasteiger charge is 2.32. The molecular formula is C26H35N3O6S. The second-order valence-electron chi connectivity index (χ2n) is 9.06. The number of carbonyl (C=O) groups is 2. The molecule has 1 aliphatic rings. The fourth-order valence-corrected chi connectivity index (χ4v) is 4.86. The van der Waals surface area contributed by atoms with Crippen molar-refractivity contribution >= 4 is 27.5 Å². The molecule has 0 saturated heterocycles. The van der Waals surface area contributed by atoms with Gasteiger partial charge in [0, 0.05) is 18.7 Å². The largest absolute Gasteiger partial charge is 0.454 e. The fraction of sp³-hybridized carbons (Fsp3) is 0.462. The maximum atomic E-state index is 13.7. The van der Waals surface area contributed by atoms with Crippen molar-refractivity contribution in [3.05, 3.63) is 53.6 Å². The monoisotopic (exact) mass is 517 g/mol. The van der Waals surface area contributed by atoms with E-state index in [-0.39, 0.29) is 31.0 Å². The molecule has 2 amide bonds. The van der Waals surface area contributed by atoms with Crippen LogP contribution in [0.15, 0.2) is 42.5 Å². The summed E-state index contributed by atoms with van der Waals surface area (Å²) >= 11 is 0. The number of aryl methyl sites for hydroxylation is 1. The quantitative estimate of drug-likeness (QED) is 0.491. The fourth-order valence-electron chi connectivity index (χ4n) is 4.02. The third-order valence-electron chi connectivity index (χ3n) is 6.15. The number of ether oxygens (including phenoxy) is 2. The molecule has 2 atom stereocenters. The first-order valence-corrected chi connectivity index (χ1v) is 13.9. The van der Waals surface area contributed by atoms with Gasteiger partial charge in [0.25, 0.3) is 0 Å². The third-order valence-corrected chi connectivity index (χ3v) is 7.29. The number of benzene rings is 2. The molecule has 0 bridgehead atoms. The van der Waals surface area contributed by atoms with Gasteiger partial charge in [-0.05, 0) is 44.4 Å².